The first kappa shape index (κ1) is 23.1. The highest BCUT2D eigenvalue weighted by Gasteiger charge is 2.28. The van der Waals surface area contributed by atoms with E-state index in [1.807, 2.05) is 20.8 Å². The molecular formula is C22H31FN4O4. The van der Waals surface area contributed by atoms with E-state index < -0.39 is 23.4 Å². The smallest absolute Gasteiger partial charge is 0.407 e. The Kier molecular flexibility index (Phi) is 7.27. The minimum absolute atomic E-state index is 0.216. The Balaban J connectivity index is 1.66. The molecule has 2 atom stereocenters. The fourth-order valence-electron chi connectivity index (χ4n) is 3.89. The number of hydrogen-bond acceptors (Lipinski definition) is 7. The average Bonchev–Trinajstić information content (AvgIpc) is 3.16. The lowest BCUT2D eigenvalue weighted by atomic mass is 9.97. The molecule has 1 amide bonds. The number of aliphatic hydroxyl groups excluding tert-OH is 1. The number of nitrogens with zero attached hydrogens (tertiary/aromatic N) is 3. The van der Waals surface area contributed by atoms with E-state index in [1.54, 1.807) is 12.1 Å². The van der Waals surface area contributed by atoms with Crippen LogP contribution in [0.3, 0.4) is 0 Å². The van der Waals surface area contributed by atoms with Gasteiger partial charge in [-0.25, -0.2) is 14.2 Å². The first-order valence-corrected chi connectivity index (χ1v) is 10.5. The molecular weight excluding hydrogens is 403 g/mol. The zero-order chi connectivity index (χ0) is 22.6. The molecule has 2 aromatic heterocycles. The number of halogens is 1. The molecule has 1 fully saturated rings. The Morgan fingerprint density at radius 3 is 2.87 bits per heavy atom. The fourth-order valence-corrected chi connectivity index (χ4v) is 3.89. The quantitative estimate of drug-likeness (QED) is 0.692. The van der Waals surface area contributed by atoms with Gasteiger partial charge in [-0.15, -0.1) is 0 Å². The van der Waals surface area contributed by atoms with Gasteiger partial charge in [-0.3, -0.25) is 4.98 Å². The summed E-state index contributed by atoms with van der Waals surface area (Å²) in [5.74, 6) is -0.311. The summed E-state index contributed by atoms with van der Waals surface area (Å²) < 4.78 is 25.2. The van der Waals surface area contributed by atoms with Gasteiger partial charge in [-0.1, -0.05) is 0 Å². The maximum absolute atomic E-state index is 14.8. The minimum atomic E-state index is -0.533. The molecule has 2 N–H and O–H groups in total. The summed E-state index contributed by atoms with van der Waals surface area (Å²) in [5.41, 5.74) is 0.771. The van der Waals surface area contributed by atoms with Crippen molar-refractivity contribution in [3.8, 4) is 5.88 Å². The van der Waals surface area contributed by atoms with E-state index in [1.165, 1.54) is 13.3 Å². The van der Waals surface area contributed by atoms with Crippen LogP contribution in [0.25, 0.3) is 11.0 Å². The highest BCUT2D eigenvalue weighted by molar-refractivity contribution is 5.79. The van der Waals surface area contributed by atoms with Gasteiger partial charge in [0, 0.05) is 37.2 Å². The predicted octanol–water partition coefficient (Wildman–Crippen LogP) is 2.70. The topological polar surface area (TPSA) is 96.8 Å². The van der Waals surface area contributed by atoms with Crippen molar-refractivity contribution in [3.05, 3.63) is 29.7 Å². The van der Waals surface area contributed by atoms with Crippen molar-refractivity contribution < 1.29 is 23.8 Å². The van der Waals surface area contributed by atoms with Crippen LogP contribution in [0.5, 0.6) is 5.88 Å². The van der Waals surface area contributed by atoms with Gasteiger partial charge in [0.25, 0.3) is 0 Å². The second-order valence-corrected chi connectivity index (χ2v) is 8.92. The van der Waals surface area contributed by atoms with Gasteiger partial charge in [0.05, 0.1) is 30.9 Å². The normalized spacial score (nSPS) is 18.2. The van der Waals surface area contributed by atoms with Crippen molar-refractivity contribution in [2.24, 2.45) is 5.92 Å². The zero-order valence-corrected chi connectivity index (χ0v) is 18.5. The van der Waals surface area contributed by atoms with Gasteiger partial charge in [0.1, 0.15) is 11.4 Å². The fraction of sp³-hybridized carbons (Fsp3) is 0.591. The van der Waals surface area contributed by atoms with E-state index in [9.17, 15) is 14.3 Å². The van der Waals surface area contributed by atoms with Crippen molar-refractivity contribution in [2.75, 3.05) is 39.9 Å². The summed E-state index contributed by atoms with van der Waals surface area (Å²) in [5, 5.41) is 12.9. The summed E-state index contributed by atoms with van der Waals surface area (Å²) in [7, 11) is 1.50. The van der Waals surface area contributed by atoms with Crippen molar-refractivity contribution in [2.45, 2.75) is 38.7 Å². The van der Waals surface area contributed by atoms with E-state index in [0.29, 0.717) is 35.6 Å². The molecule has 0 radical (unpaired) electrons. The minimum Gasteiger partial charge on any atom is -0.481 e. The Morgan fingerprint density at radius 1 is 1.42 bits per heavy atom. The largest absolute Gasteiger partial charge is 0.481 e. The Bertz CT molecular complexity index is 918. The number of aromatic nitrogens is 2. The van der Waals surface area contributed by atoms with Crippen LogP contribution in [0.1, 0.15) is 38.7 Å². The Labute approximate surface area is 181 Å². The number of pyridine rings is 2. The zero-order valence-electron chi connectivity index (χ0n) is 18.5. The number of rotatable bonds is 7. The van der Waals surface area contributed by atoms with Crippen LogP contribution < -0.4 is 10.1 Å². The molecule has 31 heavy (non-hydrogen) atoms. The molecule has 3 heterocycles. The standard InChI is InChI=1S/C22H31FN4O4/c1-22(2,3)31-21(29)25-9-14-7-8-27(11-14)12-15(13-28)19-16(23)10-24-17-5-6-18(30-4)26-20(17)19/h5-6,10,14-15,28H,7-9,11-13H2,1-4H3,(H,25,29)/t14?,15-/m0/s1. The molecule has 0 spiro atoms. The second-order valence-electron chi connectivity index (χ2n) is 8.92. The summed E-state index contributed by atoms with van der Waals surface area (Å²) in [6, 6.07) is 3.40. The summed E-state index contributed by atoms with van der Waals surface area (Å²) in [6.07, 6.45) is 1.65. The number of fused-ring (bicyclic) bond motifs is 1. The SMILES string of the molecule is COc1ccc2ncc(F)c([C@H](CO)CN3CCC(CNC(=O)OC(C)(C)C)C3)c2n1. The maximum atomic E-state index is 14.8. The maximum Gasteiger partial charge on any atom is 0.407 e. The van der Waals surface area contributed by atoms with Crippen LogP contribution >= 0.6 is 0 Å². The highest BCUT2D eigenvalue weighted by Crippen LogP contribution is 2.29. The monoisotopic (exact) mass is 434 g/mol. The van der Waals surface area contributed by atoms with Gasteiger partial charge < -0.3 is 24.8 Å². The number of aliphatic hydroxyl groups is 1. The van der Waals surface area contributed by atoms with Gasteiger partial charge in [0.2, 0.25) is 5.88 Å². The number of alkyl carbamates (subject to hydrolysis) is 1. The number of hydrogen-bond donors (Lipinski definition) is 2. The number of methoxy groups -OCH3 is 1. The molecule has 0 aromatic carbocycles. The van der Waals surface area contributed by atoms with Crippen LogP contribution in [-0.4, -0.2) is 71.6 Å². The number of ether oxygens (including phenoxy) is 2. The number of amides is 1. The van der Waals surface area contributed by atoms with Crippen molar-refractivity contribution in [1.82, 2.24) is 20.2 Å². The Morgan fingerprint density at radius 2 is 2.19 bits per heavy atom. The van der Waals surface area contributed by atoms with Crippen LogP contribution in [0.15, 0.2) is 18.3 Å². The highest BCUT2D eigenvalue weighted by atomic mass is 19.1. The van der Waals surface area contributed by atoms with Crippen molar-refractivity contribution in [3.63, 3.8) is 0 Å². The lowest BCUT2D eigenvalue weighted by molar-refractivity contribution is 0.0519. The van der Waals surface area contributed by atoms with Gasteiger partial charge in [0.15, 0.2) is 0 Å². The molecule has 2 aromatic rings. The van der Waals surface area contributed by atoms with Gasteiger partial charge in [-0.05, 0) is 45.7 Å². The molecule has 1 aliphatic heterocycles. The Hall–Kier alpha value is -2.52. The van der Waals surface area contributed by atoms with Crippen LogP contribution in [-0.2, 0) is 4.74 Å². The summed E-state index contributed by atoms with van der Waals surface area (Å²) >= 11 is 0. The molecule has 0 aliphatic carbocycles. The molecule has 9 heteroatoms. The van der Waals surface area contributed by atoms with Crippen LogP contribution in [0, 0.1) is 11.7 Å². The molecule has 1 saturated heterocycles. The number of likely N-dealkylation sites (tertiary alicyclic amines) is 1. The number of carbonyl (C=O) groups is 1. The molecule has 170 valence electrons. The number of nitrogens with one attached hydrogen (secondary N) is 1. The third-order valence-electron chi connectivity index (χ3n) is 5.30. The van der Waals surface area contributed by atoms with Gasteiger partial charge >= 0.3 is 6.09 Å². The van der Waals surface area contributed by atoms with Gasteiger partial charge in [-0.2, -0.15) is 0 Å². The molecule has 1 aliphatic rings. The van der Waals surface area contributed by atoms with Crippen molar-refractivity contribution >= 4 is 17.1 Å². The van der Waals surface area contributed by atoms with E-state index in [-0.39, 0.29) is 12.5 Å². The predicted molar refractivity (Wildman–Crippen MR) is 115 cm³/mol. The van der Waals surface area contributed by atoms with Crippen LogP contribution in [0.2, 0.25) is 0 Å². The lowest BCUT2D eigenvalue weighted by Crippen LogP contribution is -2.36. The van der Waals surface area contributed by atoms with Crippen molar-refractivity contribution in [1.29, 1.82) is 0 Å². The average molecular weight is 435 g/mol. The molecule has 3 rings (SSSR count). The lowest BCUT2D eigenvalue weighted by Gasteiger charge is -2.24. The second kappa shape index (κ2) is 9.74. The van der Waals surface area contributed by atoms with E-state index in [4.69, 9.17) is 9.47 Å². The first-order valence-electron chi connectivity index (χ1n) is 10.5. The molecule has 1 unspecified atom stereocenters. The van der Waals surface area contributed by atoms with E-state index >= 15 is 0 Å². The molecule has 0 bridgehead atoms. The molecule has 0 saturated carbocycles. The van der Waals surface area contributed by atoms with E-state index in [2.05, 4.69) is 20.2 Å². The van der Waals surface area contributed by atoms with Crippen LogP contribution in [0.4, 0.5) is 9.18 Å². The third-order valence-corrected chi connectivity index (χ3v) is 5.30. The first-order chi connectivity index (χ1) is 14.7. The summed E-state index contributed by atoms with van der Waals surface area (Å²) in [4.78, 5) is 22.5. The summed E-state index contributed by atoms with van der Waals surface area (Å²) in [6.45, 7) is 7.80. The van der Waals surface area contributed by atoms with E-state index in [0.717, 1.165) is 19.5 Å². The third kappa shape index (κ3) is 6.01. The molecule has 8 nitrogen and oxygen atoms in total. The number of carbonyl (C=O) groups excluding carboxylic acids is 1.